The first-order valence-corrected chi connectivity index (χ1v) is 13.1. The summed E-state index contributed by atoms with van der Waals surface area (Å²) in [5.41, 5.74) is 2.70. The van der Waals surface area contributed by atoms with Gasteiger partial charge in [-0.2, -0.15) is 0 Å². The molecule has 1 N–H and O–H groups in total. The van der Waals surface area contributed by atoms with Gasteiger partial charge in [-0.15, -0.1) is 0 Å². The maximum Gasteiger partial charge on any atom is 0.0900 e. The quantitative estimate of drug-likeness (QED) is 0.539. The van der Waals surface area contributed by atoms with Crippen LogP contribution in [0, 0.1) is 17.8 Å². The molecular weight excluding hydrogens is 408 g/mol. The van der Waals surface area contributed by atoms with Crippen LogP contribution in [0.1, 0.15) is 49.3 Å². The fraction of sp³-hybridized carbons (Fsp3) is 0.586. The third-order valence-electron chi connectivity index (χ3n) is 8.30. The Morgan fingerprint density at radius 2 is 1.52 bits per heavy atom. The molecule has 4 atom stereocenters. The van der Waals surface area contributed by atoms with E-state index >= 15 is 0 Å². The van der Waals surface area contributed by atoms with E-state index in [1.54, 1.807) is 0 Å². The molecule has 178 valence electrons. The number of β-amino-alcohol motifs (C(OH)–C–C–N with tert-alkyl or cyclic N) is 1. The first-order chi connectivity index (χ1) is 16.3. The highest BCUT2D eigenvalue weighted by Crippen LogP contribution is 2.49. The van der Waals surface area contributed by atoms with Crippen molar-refractivity contribution in [2.24, 2.45) is 17.8 Å². The molecule has 33 heavy (non-hydrogen) atoms. The average Bonchev–Trinajstić information content (AvgIpc) is 3.48. The minimum atomic E-state index is -0.393. The van der Waals surface area contributed by atoms with E-state index < -0.39 is 6.10 Å². The molecule has 1 aliphatic heterocycles. The van der Waals surface area contributed by atoms with Crippen LogP contribution < -0.4 is 0 Å². The standard InChI is InChI=1S/C29H40N2O2/c32-28(22-33-18-13-27-20-23-11-12-26(27)19-23)21-30-14-16-31(17-15-30)29(24-7-3-1-4-8-24)25-9-5-2-6-10-25/h1-10,23,26-29,32H,11-22H2/t23-,26-,27-,28+/m0/s1. The first kappa shape index (κ1) is 23.0. The lowest BCUT2D eigenvalue weighted by Crippen LogP contribution is -2.50. The molecule has 1 saturated heterocycles. The van der Waals surface area contributed by atoms with Crippen molar-refractivity contribution in [2.75, 3.05) is 45.9 Å². The van der Waals surface area contributed by atoms with Crippen molar-refractivity contribution in [1.82, 2.24) is 9.80 Å². The lowest BCUT2D eigenvalue weighted by Gasteiger charge is -2.40. The van der Waals surface area contributed by atoms with Crippen molar-refractivity contribution >= 4 is 0 Å². The van der Waals surface area contributed by atoms with Crippen LogP contribution in [-0.4, -0.2) is 66.9 Å². The van der Waals surface area contributed by atoms with Gasteiger partial charge in [0.2, 0.25) is 0 Å². The van der Waals surface area contributed by atoms with E-state index in [4.69, 9.17) is 4.74 Å². The van der Waals surface area contributed by atoms with Gasteiger partial charge in [0, 0.05) is 39.3 Å². The Kier molecular flexibility index (Phi) is 7.78. The number of hydrogen-bond donors (Lipinski definition) is 1. The smallest absolute Gasteiger partial charge is 0.0900 e. The highest BCUT2D eigenvalue weighted by atomic mass is 16.5. The van der Waals surface area contributed by atoms with Crippen molar-refractivity contribution in [3.8, 4) is 0 Å². The molecule has 0 unspecified atom stereocenters. The van der Waals surface area contributed by atoms with Gasteiger partial charge in [-0.25, -0.2) is 0 Å². The van der Waals surface area contributed by atoms with E-state index in [9.17, 15) is 5.11 Å². The summed E-state index contributed by atoms with van der Waals surface area (Å²) in [6.07, 6.45) is 6.59. The second-order valence-corrected chi connectivity index (χ2v) is 10.5. The Balaban J connectivity index is 1.06. The van der Waals surface area contributed by atoms with Crippen LogP contribution in [0.15, 0.2) is 60.7 Å². The van der Waals surface area contributed by atoms with Crippen LogP contribution in [0.2, 0.25) is 0 Å². The molecule has 0 aromatic heterocycles. The van der Waals surface area contributed by atoms with Crippen molar-refractivity contribution in [1.29, 1.82) is 0 Å². The zero-order valence-corrected chi connectivity index (χ0v) is 19.9. The van der Waals surface area contributed by atoms with E-state index in [0.29, 0.717) is 13.2 Å². The Labute approximate surface area is 199 Å². The van der Waals surface area contributed by atoms with Crippen LogP contribution in [0.3, 0.4) is 0 Å². The molecule has 3 fully saturated rings. The molecule has 0 spiro atoms. The van der Waals surface area contributed by atoms with Gasteiger partial charge in [-0.05, 0) is 54.6 Å². The van der Waals surface area contributed by atoms with Crippen molar-refractivity contribution in [3.63, 3.8) is 0 Å². The summed E-state index contributed by atoms with van der Waals surface area (Å²) in [7, 11) is 0. The molecule has 2 aromatic rings. The minimum Gasteiger partial charge on any atom is -0.389 e. The van der Waals surface area contributed by atoms with Gasteiger partial charge < -0.3 is 9.84 Å². The van der Waals surface area contributed by atoms with Gasteiger partial charge >= 0.3 is 0 Å². The van der Waals surface area contributed by atoms with Crippen LogP contribution in [0.5, 0.6) is 0 Å². The molecule has 0 radical (unpaired) electrons. The van der Waals surface area contributed by atoms with Gasteiger partial charge in [0.1, 0.15) is 0 Å². The van der Waals surface area contributed by atoms with Crippen molar-refractivity contribution in [3.05, 3.63) is 71.8 Å². The number of nitrogens with zero attached hydrogens (tertiary/aromatic N) is 2. The number of rotatable bonds is 10. The highest BCUT2D eigenvalue weighted by molar-refractivity contribution is 5.31. The molecule has 3 aliphatic rings. The van der Waals surface area contributed by atoms with E-state index in [1.165, 1.54) is 43.2 Å². The fourth-order valence-electron chi connectivity index (χ4n) is 6.62. The van der Waals surface area contributed by atoms with Gasteiger partial charge in [0.25, 0.3) is 0 Å². The number of piperazine rings is 1. The van der Waals surface area contributed by atoms with Crippen LogP contribution >= 0.6 is 0 Å². The number of ether oxygens (including phenoxy) is 1. The summed E-state index contributed by atoms with van der Waals surface area (Å²) in [5, 5.41) is 10.5. The zero-order chi connectivity index (χ0) is 22.5. The zero-order valence-electron chi connectivity index (χ0n) is 19.9. The van der Waals surface area contributed by atoms with E-state index in [1.807, 2.05) is 0 Å². The Hall–Kier alpha value is -1.72. The number of hydrogen-bond acceptors (Lipinski definition) is 4. The molecule has 5 rings (SSSR count). The molecule has 2 aliphatic carbocycles. The second-order valence-electron chi connectivity index (χ2n) is 10.5. The summed E-state index contributed by atoms with van der Waals surface area (Å²) in [5.74, 6) is 2.86. The Bertz CT molecular complexity index is 798. The average molecular weight is 449 g/mol. The molecule has 2 bridgehead atoms. The second kappa shape index (κ2) is 11.1. The Morgan fingerprint density at radius 1 is 0.848 bits per heavy atom. The summed E-state index contributed by atoms with van der Waals surface area (Å²) in [4.78, 5) is 4.98. The molecule has 4 heteroatoms. The number of aliphatic hydroxyl groups excluding tert-OH is 1. The minimum absolute atomic E-state index is 0.286. The molecule has 2 aromatic carbocycles. The third kappa shape index (κ3) is 5.86. The third-order valence-corrected chi connectivity index (χ3v) is 8.30. The monoisotopic (exact) mass is 448 g/mol. The predicted octanol–water partition coefficient (Wildman–Crippen LogP) is 4.60. The molecule has 1 heterocycles. The van der Waals surface area contributed by atoms with Crippen molar-refractivity contribution in [2.45, 2.75) is 44.2 Å². The normalized spacial score (nSPS) is 26.8. The van der Waals surface area contributed by atoms with Gasteiger partial charge in [-0.1, -0.05) is 67.1 Å². The van der Waals surface area contributed by atoms with Crippen LogP contribution in [-0.2, 0) is 4.74 Å². The number of fused-ring (bicyclic) bond motifs is 2. The van der Waals surface area contributed by atoms with Crippen LogP contribution in [0.4, 0.5) is 0 Å². The molecule has 4 nitrogen and oxygen atoms in total. The molecule has 0 amide bonds. The Morgan fingerprint density at radius 3 is 2.09 bits per heavy atom. The van der Waals surface area contributed by atoms with E-state index in [0.717, 1.165) is 50.5 Å². The van der Waals surface area contributed by atoms with Gasteiger partial charge in [-0.3, -0.25) is 9.80 Å². The summed E-state index contributed by atoms with van der Waals surface area (Å²) in [6, 6.07) is 21.9. The number of aliphatic hydroxyl groups is 1. The summed E-state index contributed by atoms with van der Waals surface area (Å²) >= 11 is 0. The molecular formula is C29H40N2O2. The fourth-order valence-corrected chi connectivity index (χ4v) is 6.62. The lowest BCUT2D eigenvalue weighted by molar-refractivity contribution is 0.000295. The largest absolute Gasteiger partial charge is 0.389 e. The van der Waals surface area contributed by atoms with Crippen LogP contribution in [0.25, 0.3) is 0 Å². The maximum absolute atomic E-state index is 10.5. The lowest BCUT2D eigenvalue weighted by atomic mass is 9.87. The van der Waals surface area contributed by atoms with Gasteiger partial charge in [0.05, 0.1) is 18.8 Å². The SMILES string of the molecule is O[C@@H](COCC[C@H]1C[C@H]2CC[C@H]1C2)CN1CCN(C(c2ccccc2)c2ccccc2)CC1. The molecule has 2 saturated carbocycles. The first-order valence-electron chi connectivity index (χ1n) is 13.1. The van der Waals surface area contributed by atoms with Gasteiger partial charge in [0.15, 0.2) is 0 Å². The maximum atomic E-state index is 10.5. The number of benzene rings is 2. The summed E-state index contributed by atoms with van der Waals surface area (Å²) < 4.78 is 5.89. The van der Waals surface area contributed by atoms with Crippen molar-refractivity contribution < 1.29 is 9.84 Å². The topological polar surface area (TPSA) is 35.9 Å². The van der Waals surface area contributed by atoms with E-state index in [2.05, 4.69) is 70.5 Å². The summed E-state index contributed by atoms with van der Waals surface area (Å²) in [6.45, 7) is 5.98. The highest BCUT2D eigenvalue weighted by Gasteiger charge is 2.38. The predicted molar refractivity (Wildman–Crippen MR) is 133 cm³/mol. The van der Waals surface area contributed by atoms with E-state index in [-0.39, 0.29) is 6.04 Å².